The van der Waals surface area contributed by atoms with Gasteiger partial charge in [0.25, 0.3) is 5.91 Å². The molecule has 0 fully saturated rings. The van der Waals surface area contributed by atoms with Crippen molar-refractivity contribution in [1.82, 2.24) is 10.3 Å². The molecule has 2 rings (SSSR count). The van der Waals surface area contributed by atoms with Gasteiger partial charge in [0.05, 0.1) is 12.1 Å². The Kier molecular flexibility index (Phi) is 4.30. The number of carbonyl (C=O) groups is 2. The van der Waals surface area contributed by atoms with E-state index in [9.17, 15) is 9.59 Å². The average Bonchev–Trinajstić information content (AvgIpc) is 2.46. The molecule has 0 radical (unpaired) electrons. The molecule has 104 valence electrons. The van der Waals surface area contributed by atoms with Crippen molar-refractivity contribution in [2.24, 2.45) is 0 Å². The highest BCUT2D eigenvalue weighted by Gasteiger charge is 2.17. The standard InChI is InChI=1S/C15H16N2O3/c1-3-20-15(19)10(2)17-14(18)12-6-7-13-11(9-12)5-4-8-16-13/h4-10H,3H2,1-2H3,(H,17,18). The number of hydrogen-bond acceptors (Lipinski definition) is 4. The van der Waals surface area contributed by atoms with E-state index in [-0.39, 0.29) is 5.91 Å². The van der Waals surface area contributed by atoms with Crippen LogP contribution in [0.4, 0.5) is 0 Å². The lowest BCUT2D eigenvalue weighted by molar-refractivity contribution is -0.144. The van der Waals surface area contributed by atoms with Crippen molar-refractivity contribution in [2.75, 3.05) is 6.61 Å². The molecule has 0 bridgehead atoms. The lowest BCUT2D eigenvalue weighted by atomic mass is 10.1. The Morgan fingerprint density at radius 3 is 2.90 bits per heavy atom. The van der Waals surface area contributed by atoms with Crippen LogP contribution in [0, 0.1) is 0 Å². The largest absolute Gasteiger partial charge is 0.464 e. The Labute approximate surface area is 117 Å². The monoisotopic (exact) mass is 272 g/mol. The van der Waals surface area contributed by atoms with Crippen molar-refractivity contribution in [3.8, 4) is 0 Å². The topological polar surface area (TPSA) is 68.3 Å². The maximum absolute atomic E-state index is 12.1. The second-order valence-corrected chi connectivity index (χ2v) is 4.36. The highest BCUT2D eigenvalue weighted by Crippen LogP contribution is 2.13. The molecular weight excluding hydrogens is 256 g/mol. The number of carbonyl (C=O) groups excluding carboxylic acids is 2. The van der Waals surface area contributed by atoms with Crippen LogP contribution < -0.4 is 5.32 Å². The first kappa shape index (κ1) is 14.0. The third-order valence-corrected chi connectivity index (χ3v) is 2.85. The number of nitrogens with zero attached hydrogens (tertiary/aromatic N) is 1. The van der Waals surface area contributed by atoms with Crippen LogP contribution in [0.2, 0.25) is 0 Å². The fourth-order valence-electron chi connectivity index (χ4n) is 1.82. The summed E-state index contributed by atoms with van der Waals surface area (Å²) in [5.74, 6) is -0.750. The van der Waals surface area contributed by atoms with Gasteiger partial charge in [-0.25, -0.2) is 4.79 Å². The van der Waals surface area contributed by atoms with Gasteiger partial charge < -0.3 is 10.1 Å². The predicted molar refractivity (Wildman–Crippen MR) is 75.3 cm³/mol. The van der Waals surface area contributed by atoms with Crippen LogP contribution in [0.15, 0.2) is 36.5 Å². The summed E-state index contributed by atoms with van der Waals surface area (Å²) >= 11 is 0. The van der Waals surface area contributed by atoms with E-state index >= 15 is 0 Å². The Bertz CT molecular complexity index is 640. The molecule has 0 aliphatic carbocycles. The van der Waals surface area contributed by atoms with Crippen molar-refractivity contribution < 1.29 is 14.3 Å². The number of nitrogens with one attached hydrogen (secondary N) is 1. The highest BCUT2D eigenvalue weighted by molar-refractivity contribution is 5.99. The summed E-state index contributed by atoms with van der Waals surface area (Å²) in [5, 5.41) is 3.49. The van der Waals surface area contributed by atoms with Crippen LogP contribution in [-0.2, 0) is 9.53 Å². The maximum Gasteiger partial charge on any atom is 0.328 e. The van der Waals surface area contributed by atoms with Gasteiger partial charge in [0.15, 0.2) is 0 Å². The van der Waals surface area contributed by atoms with E-state index in [1.807, 2.05) is 12.1 Å². The molecule has 1 aromatic heterocycles. The summed E-state index contributed by atoms with van der Waals surface area (Å²) in [6.45, 7) is 3.61. The van der Waals surface area contributed by atoms with E-state index in [4.69, 9.17) is 4.74 Å². The van der Waals surface area contributed by atoms with Crippen molar-refractivity contribution in [3.05, 3.63) is 42.1 Å². The number of aromatic nitrogens is 1. The minimum absolute atomic E-state index is 0.292. The maximum atomic E-state index is 12.1. The normalized spacial score (nSPS) is 11.9. The number of esters is 1. The van der Waals surface area contributed by atoms with Crippen molar-refractivity contribution in [2.45, 2.75) is 19.9 Å². The molecule has 5 heteroatoms. The van der Waals surface area contributed by atoms with Gasteiger partial charge in [-0.05, 0) is 38.1 Å². The van der Waals surface area contributed by atoms with E-state index in [0.29, 0.717) is 12.2 Å². The van der Waals surface area contributed by atoms with Gasteiger partial charge >= 0.3 is 5.97 Å². The summed E-state index contributed by atoms with van der Waals surface area (Å²) < 4.78 is 4.85. The second kappa shape index (κ2) is 6.14. The quantitative estimate of drug-likeness (QED) is 0.863. The van der Waals surface area contributed by atoms with Crippen LogP contribution in [0.5, 0.6) is 0 Å². The number of ether oxygens (including phenoxy) is 1. The van der Waals surface area contributed by atoms with E-state index in [1.54, 1.807) is 38.2 Å². The fourth-order valence-corrected chi connectivity index (χ4v) is 1.82. The molecule has 1 heterocycles. The zero-order valence-corrected chi connectivity index (χ0v) is 11.4. The summed E-state index contributed by atoms with van der Waals surface area (Å²) in [4.78, 5) is 27.7. The summed E-state index contributed by atoms with van der Waals surface area (Å²) in [7, 11) is 0. The average molecular weight is 272 g/mol. The molecule has 0 aliphatic heterocycles. The summed E-state index contributed by atoms with van der Waals surface area (Å²) in [6.07, 6.45) is 1.70. The number of benzene rings is 1. The SMILES string of the molecule is CCOC(=O)C(C)NC(=O)c1ccc2ncccc2c1. The molecular formula is C15H16N2O3. The molecule has 1 atom stereocenters. The molecule has 1 amide bonds. The molecule has 5 nitrogen and oxygen atoms in total. The Morgan fingerprint density at radius 1 is 1.35 bits per heavy atom. The van der Waals surface area contributed by atoms with Crippen LogP contribution in [0.25, 0.3) is 10.9 Å². The summed E-state index contributed by atoms with van der Waals surface area (Å²) in [6, 6.07) is 8.23. The van der Waals surface area contributed by atoms with E-state index in [1.165, 1.54) is 0 Å². The minimum Gasteiger partial charge on any atom is -0.464 e. The van der Waals surface area contributed by atoms with Crippen LogP contribution >= 0.6 is 0 Å². The summed E-state index contributed by atoms with van der Waals surface area (Å²) in [5.41, 5.74) is 1.31. The molecule has 2 aromatic rings. The molecule has 0 saturated heterocycles. The third-order valence-electron chi connectivity index (χ3n) is 2.85. The zero-order chi connectivity index (χ0) is 14.5. The van der Waals surface area contributed by atoms with Gasteiger partial charge in [-0.2, -0.15) is 0 Å². The van der Waals surface area contributed by atoms with Crippen LogP contribution in [0.3, 0.4) is 0 Å². The first-order valence-electron chi connectivity index (χ1n) is 6.44. The molecule has 1 N–H and O–H groups in total. The highest BCUT2D eigenvalue weighted by atomic mass is 16.5. The Hall–Kier alpha value is -2.43. The molecule has 1 aromatic carbocycles. The first-order chi connectivity index (χ1) is 9.61. The van der Waals surface area contributed by atoms with Crippen LogP contribution in [-0.4, -0.2) is 29.5 Å². The van der Waals surface area contributed by atoms with Gasteiger partial charge in [-0.1, -0.05) is 6.07 Å². The van der Waals surface area contributed by atoms with Crippen molar-refractivity contribution >= 4 is 22.8 Å². The fraction of sp³-hybridized carbons (Fsp3) is 0.267. The number of fused-ring (bicyclic) bond motifs is 1. The van der Waals surface area contributed by atoms with Crippen molar-refractivity contribution in [3.63, 3.8) is 0 Å². The lowest BCUT2D eigenvalue weighted by Crippen LogP contribution is -2.39. The minimum atomic E-state index is -0.674. The number of hydrogen-bond donors (Lipinski definition) is 1. The molecule has 0 saturated carbocycles. The molecule has 0 spiro atoms. The lowest BCUT2D eigenvalue weighted by Gasteiger charge is -2.12. The Balaban J connectivity index is 2.13. The van der Waals surface area contributed by atoms with Gasteiger partial charge in [0.2, 0.25) is 0 Å². The van der Waals surface area contributed by atoms with Gasteiger partial charge in [0, 0.05) is 17.1 Å². The third kappa shape index (κ3) is 3.12. The predicted octanol–water partition coefficient (Wildman–Crippen LogP) is 1.92. The number of pyridine rings is 1. The van der Waals surface area contributed by atoms with Crippen LogP contribution in [0.1, 0.15) is 24.2 Å². The molecule has 1 unspecified atom stereocenters. The van der Waals surface area contributed by atoms with E-state index in [0.717, 1.165) is 10.9 Å². The molecule has 20 heavy (non-hydrogen) atoms. The zero-order valence-electron chi connectivity index (χ0n) is 11.4. The van der Waals surface area contributed by atoms with Gasteiger partial charge in [0.1, 0.15) is 6.04 Å². The number of rotatable bonds is 4. The first-order valence-corrected chi connectivity index (χ1v) is 6.44. The second-order valence-electron chi connectivity index (χ2n) is 4.36. The molecule has 0 aliphatic rings. The number of amides is 1. The van der Waals surface area contributed by atoms with E-state index < -0.39 is 12.0 Å². The smallest absolute Gasteiger partial charge is 0.328 e. The van der Waals surface area contributed by atoms with Gasteiger partial charge in [-0.15, -0.1) is 0 Å². The van der Waals surface area contributed by atoms with Gasteiger partial charge in [-0.3, -0.25) is 9.78 Å². The van der Waals surface area contributed by atoms with Crippen molar-refractivity contribution in [1.29, 1.82) is 0 Å². The Morgan fingerprint density at radius 2 is 2.15 bits per heavy atom. The van der Waals surface area contributed by atoms with E-state index in [2.05, 4.69) is 10.3 Å².